The third-order valence-corrected chi connectivity index (χ3v) is 7.12. The first-order valence-electron chi connectivity index (χ1n) is 11.5. The van der Waals surface area contributed by atoms with Gasteiger partial charge in [0.1, 0.15) is 27.2 Å². The third-order valence-electron chi connectivity index (χ3n) is 5.37. The Bertz CT molecular complexity index is 1470. The summed E-state index contributed by atoms with van der Waals surface area (Å²) in [6.07, 6.45) is 0. The average molecular weight is 477 g/mol. The van der Waals surface area contributed by atoms with E-state index in [4.69, 9.17) is 9.97 Å². The van der Waals surface area contributed by atoms with Gasteiger partial charge in [-0.05, 0) is 24.3 Å². The van der Waals surface area contributed by atoms with E-state index in [1.54, 1.807) is 0 Å². The maximum Gasteiger partial charge on any atom is 0.129 e. The van der Waals surface area contributed by atoms with Gasteiger partial charge in [0.25, 0.3) is 0 Å². The molecule has 5 rings (SSSR count). The monoisotopic (exact) mass is 476 g/mol. The molecule has 1 aliphatic rings. The largest absolute Gasteiger partial charge is 0.351 e. The van der Waals surface area contributed by atoms with Crippen molar-refractivity contribution in [2.75, 3.05) is 10.6 Å². The molecule has 0 aliphatic carbocycles. The highest BCUT2D eigenvalue weighted by molar-refractivity contribution is 6.84. The van der Waals surface area contributed by atoms with Crippen molar-refractivity contribution in [1.29, 1.82) is 0 Å². The van der Waals surface area contributed by atoms with E-state index in [1.165, 1.54) is 0 Å². The van der Waals surface area contributed by atoms with Gasteiger partial charge in [0, 0.05) is 0 Å². The van der Waals surface area contributed by atoms with E-state index in [0.29, 0.717) is 0 Å². The van der Waals surface area contributed by atoms with Crippen LogP contribution in [0, 0.1) is 22.9 Å². The highest BCUT2D eigenvalue weighted by atomic mass is 28.3. The fraction of sp³-hybridized carbons (Fsp3) is 0.214. The summed E-state index contributed by atoms with van der Waals surface area (Å²) in [6.45, 7) is 13.5. The zero-order chi connectivity index (χ0) is 24.1. The van der Waals surface area contributed by atoms with E-state index in [1.807, 2.05) is 36.4 Å². The number of anilines is 4. The van der Waals surface area contributed by atoms with Crippen molar-refractivity contribution in [2.45, 2.75) is 39.3 Å². The van der Waals surface area contributed by atoms with Crippen LogP contribution in [0.25, 0.3) is 22.1 Å². The smallest absolute Gasteiger partial charge is 0.129 e. The first-order valence-corrected chi connectivity index (χ1v) is 18.5. The minimum Gasteiger partial charge on any atom is -0.351 e. The molecule has 0 saturated heterocycles. The summed E-state index contributed by atoms with van der Waals surface area (Å²) >= 11 is 0. The normalized spacial score (nSPS) is 12.4. The van der Waals surface area contributed by atoms with Crippen LogP contribution < -0.4 is 10.6 Å². The van der Waals surface area contributed by atoms with Crippen molar-refractivity contribution in [2.24, 2.45) is 0 Å². The third kappa shape index (κ3) is 4.31. The van der Waals surface area contributed by atoms with Crippen molar-refractivity contribution in [1.82, 2.24) is 9.97 Å². The molecular formula is C28H28N4Si2. The number of benzene rings is 3. The number of fused-ring (bicyclic) bond motifs is 4. The molecule has 0 fully saturated rings. The molecule has 0 saturated carbocycles. The SMILES string of the molecule is C[Si](C)(C)C#Cc1c2c(c(C#C[Si](C)(C)C)c3nc4ccccc4nc13)Nc1ccccc1N2. The summed E-state index contributed by atoms with van der Waals surface area (Å²) in [5, 5.41) is 7.30. The first-order chi connectivity index (χ1) is 16.1. The number of nitrogens with one attached hydrogen (secondary N) is 2. The Morgan fingerprint density at radius 3 is 1.35 bits per heavy atom. The Kier molecular flexibility index (Phi) is 5.24. The highest BCUT2D eigenvalue weighted by Gasteiger charge is 2.25. The van der Waals surface area contributed by atoms with E-state index >= 15 is 0 Å². The highest BCUT2D eigenvalue weighted by Crippen LogP contribution is 2.45. The van der Waals surface area contributed by atoms with Crippen LogP contribution in [-0.4, -0.2) is 26.1 Å². The first kappa shape index (κ1) is 22.2. The predicted octanol–water partition coefficient (Wildman–Crippen LogP) is 7.04. The summed E-state index contributed by atoms with van der Waals surface area (Å²) in [5.41, 5.74) is 16.1. The van der Waals surface area contributed by atoms with E-state index in [-0.39, 0.29) is 0 Å². The van der Waals surface area contributed by atoms with Crippen molar-refractivity contribution >= 4 is 61.0 Å². The van der Waals surface area contributed by atoms with Crippen molar-refractivity contribution < 1.29 is 0 Å². The number of aromatic nitrogens is 2. The number of rotatable bonds is 0. The maximum absolute atomic E-state index is 5.07. The summed E-state index contributed by atoms with van der Waals surface area (Å²) in [5.74, 6) is 7.04. The van der Waals surface area contributed by atoms with E-state index in [2.05, 4.69) is 85.0 Å². The standard InChI is InChI=1S/C28H28N4Si2/c1-33(2,3)17-15-19-25-27(31-23-13-9-7-11-21(23)29-25)20(16-18-34(4,5)6)28-26(19)30-22-12-8-10-14-24(22)32-28/h7-14,29,31H,1-6H3. The van der Waals surface area contributed by atoms with Crippen LogP contribution >= 0.6 is 0 Å². The minimum atomic E-state index is -1.63. The van der Waals surface area contributed by atoms with Crippen LogP contribution in [0.2, 0.25) is 39.3 Å². The second-order valence-corrected chi connectivity index (χ2v) is 20.2. The quantitative estimate of drug-likeness (QED) is 0.143. The fourth-order valence-corrected chi connectivity index (χ4v) is 4.80. The molecule has 3 aromatic carbocycles. The molecular weight excluding hydrogens is 449 g/mol. The molecule has 2 N–H and O–H groups in total. The van der Waals surface area contributed by atoms with Gasteiger partial charge in [-0.3, -0.25) is 0 Å². The maximum atomic E-state index is 5.07. The summed E-state index contributed by atoms with van der Waals surface area (Å²) in [6, 6.07) is 16.2. The van der Waals surface area contributed by atoms with Gasteiger partial charge in [-0.2, -0.15) is 0 Å². The van der Waals surface area contributed by atoms with Crippen molar-refractivity contribution in [3.8, 4) is 22.9 Å². The molecule has 0 atom stereocenters. The van der Waals surface area contributed by atoms with Gasteiger partial charge in [0.05, 0.1) is 44.9 Å². The number of hydrogen-bond acceptors (Lipinski definition) is 4. The van der Waals surface area contributed by atoms with Gasteiger partial charge in [0.15, 0.2) is 0 Å². The van der Waals surface area contributed by atoms with Gasteiger partial charge >= 0.3 is 0 Å². The lowest BCUT2D eigenvalue weighted by atomic mass is 9.99. The molecule has 2 heterocycles. The topological polar surface area (TPSA) is 49.8 Å². The lowest BCUT2D eigenvalue weighted by Crippen LogP contribution is -2.17. The number of nitrogens with zero attached hydrogens (tertiary/aromatic N) is 2. The van der Waals surface area contributed by atoms with E-state index < -0.39 is 16.1 Å². The van der Waals surface area contributed by atoms with Crippen molar-refractivity contribution in [3.63, 3.8) is 0 Å². The molecule has 168 valence electrons. The van der Waals surface area contributed by atoms with Gasteiger partial charge in [-0.15, -0.1) is 11.1 Å². The van der Waals surface area contributed by atoms with Gasteiger partial charge < -0.3 is 10.6 Å². The van der Waals surface area contributed by atoms with Crippen LogP contribution in [0.1, 0.15) is 11.1 Å². The zero-order valence-electron chi connectivity index (χ0n) is 20.5. The second kappa shape index (κ2) is 8.02. The Morgan fingerprint density at radius 1 is 0.588 bits per heavy atom. The van der Waals surface area contributed by atoms with Crippen LogP contribution in [0.4, 0.5) is 22.7 Å². The molecule has 4 nitrogen and oxygen atoms in total. The minimum absolute atomic E-state index is 0.803. The molecule has 0 amide bonds. The number of hydrogen-bond donors (Lipinski definition) is 2. The Labute approximate surface area is 203 Å². The lowest BCUT2D eigenvalue weighted by Gasteiger charge is -2.26. The molecule has 1 aromatic heterocycles. The van der Waals surface area contributed by atoms with Crippen LogP contribution in [-0.2, 0) is 0 Å². The molecule has 1 aliphatic heterocycles. The van der Waals surface area contributed by atoms with Gasteiger partial charge in [-0.25, -0.2) is 9.97 Å². The molecule has 34 heavy (non-hydrogen) atoms. The molecule has 6 heteroatoms. The second-order valence-electron chi connectivity index (χ2n) is 10.7. The molecule has 0 unspecified atom stereocenters. The summed E-state index contributed by atoms with van der Waals surface area (Å²) in [4.78, 5) is 10.1. The summed E-state index contributed by atoms with van der Waals surface area (Å²) < 4.78 is 0. The average Bonchev–Trinajstić information content (AvgIpc) is 2.77. The fourth-order valence-electron chi connectivity index (χ4n) is 3.80. The Balaban J connectivity index is 1.93. The van der Waals surface area contributed by atoms with E-state index in [9.17, 15) is 0 Å². The van der Waals surface area contributed by atoms with Gasteiger partial charge in [-0.1, -0.05) is 75.4 Å². The lowest BCUT2D eigenvalue weighted by molar-refractivity contribution is 1.36. The Morgan fingerprint density at radius 2 is 0.971 bits per heavy atom. The Hall–Kier alpha value is -3.59. The molecule has 0 radical (unpaired) electrons. The van der Waals surface area contributed by atoms with Crippen molar-refractivity contribution in [3.05, 3.63) is 59.7 Å². The molecule has 0 spiro atoms. The van der Waals surface area contributed by atoms with Gasteiger partial charge in [0.2, 0.25) is 0 Å². The zero-order valence-corrected chi connectivity index (χ0v) is 22.5. The van der Waals surface area contributed by atoms with Crippen LogP contribution in [0.5, 0.6) is 0 Å². The number of para-hydroxylation sites is 4. The predicted molar refractivity (Wildman–Crippen MR) is 150 cm³/mol. The van der Waals surface area contributed by atoms with Crippen LogP contribution in [0.3, 0.4) is 0 Å². The molecule has 4 aromatic rings. The van der Waals surface area contributed by atoms with E-state index in [0.717, 1.165) is 55.9 Å². The molecule has 0 bridgehead atoms. The summed E-state index contributed by atoms with van der Waals surface area (Å²) in [7, 11) is -3.26. The van der Waals surface area contributed by atoms with Crippen LogP contribution in [0.15, 0.2) is 48.5 Å².